The van der Waals surface area contributed by atoms with Gasteiger partial charge < -0.3 is 28.4 Å². The first-order chi connectivity index (χ1) is 8.86. The quantitative estimate of drug-likeness (QED) is 0.567. The Balaban J connectivity index is 1.72. The van der Waals surface area contributed by atoms with Crippen molar-refractivity contribution in [2.24, 2.45) is 0 Å². The second-order valence-corrected chi connectivity index (χ2v) is 4.40. The van der Waals surface area contributed by atoms with E-state index in [0.29, 0.717) is 39.6 Å². The van der Waals surface area contributed by atoms with Crippen LogP contribution in [-0.2, 0) is 28.4 Å². The van der Waals surface area contributed by atoms with E-state index in [1.54, 1.807) is 14.2 Å². The van der Waals surface area contributed by atoms with Crippen LogP contribution in [0.2, 0.25) is 0 Å². The second kappa shape index (κ2) is 7.37. The first kappa shape index (κ1) is 14.2. The second-order valence-electron chi connectivity index (χ2n) is 4.40. The summed E-state index contributed by atoms with van der Waals surface area (Å²) in [7, 11) is 3.31. The Morgan fingerprint density at radius 2 is 1.22 bits per heavy atom. The van der Waals surface area contributed by atoms with Crippen LogP contribution in [0.1, 0.15) is 0 Å². The van der Waals surface area contributed by atoms with Crippen LogP contribution in [-0.4, -0.2) is 78.3 Å². The summed E-state index contributed by atoms with van der Waals surface area (Å²) < 4.78 is 32.7. The van der Waals surface area contributed by atoms with E-state index in [1.165, 1.54) is 0 Å². The van der Waals surface area contributed by atoms with Gasteiger partial charge in [0, 0.05) is 14.2 Å². The van der Waals surface area contributed by atoms with Gasteiger partial charge in [0.05, 0.1) is 39.6 Å². The van der Waals surface area contributed by atoms with Gasteiger partial charge in [0.2, 0.25) is 0 Å². The van der Waals surface area contributed by atoms with Crippen molar-refractivity contribution in [2.45, 2.75) is 24.4 Å². The van der Waals surface area contributed by atoms with Crippen molar-refractivity contribution in [2.75, 3.05) is 53.9 Å². The normalized spacial score (nSPS) is 35.0. The maximum atomic E-state index is 5.71. The molecule has 6 heteroatoms. The molecule has 0 unspecified atom stereocenters. The highest BCUT2D eigenvalue weighted by atomic mass is 16.6. The molecule has 0 amide bonds. The molecule has 2 heterocycles. The lowest BCUT2D eigenvalue weighted by Crippen LogP contribution is -2.34. The number of fused-ring (bicyclic) bond motifs is 1. The molecule has 0 radical (unpaired) electrons. The molecule has 0 N–H and O–H groups in total. The minimum absolute atomic E-state index is 0.0128. The van der Waals surface area contributed by atoms with Gasteiger partial charge in [0.15, 0.2) is 0 Å². The largest absolute Gasteiger partial charge is 0.382 e. The van der Waals surface area contributed by atoms with Gasteiger partial charge in [0.1, 0.15) is 24.4 Å². The van der Waals surface area contributed by atoms with Gasteiger partial charge >= 0.3 is 0 Å². The van der Waals surface area contributed by atoms with E-state index in [1.807, 2.05) is 0 Å². The van der Waals surface area contributed by atoms with Crippen LogP contribution >= 0.6 is 0 Å². The molecule has 0 aromatic rings. The fourth-order valence-electron chi connectivity index (χ4n) is 2.28. The smallest absolute Gasteiger partial charge is 0.115 e. The summed E-state index contributed by atoms with van der Waals surface area (Å²) in [6, 6.07) is 0. The highest BCUT2D eigenvalue weighted by molar-refractivity contribution is 4.95. The third kappa shape index (κ3) is 3.40. The summed E-state index contributed by atoms with van der Waals surface area (Å²) in [5, 5.41) is 0. The fourth-order valence-corrected chi connectivity index (χ4v) is 2.28. The molecule has 6 nitrogen and oxygen atoms in total. The van der Waals surface area contributed by atoms with Crippen molar-refractivity contribution in [1.29, 1.82) is 0 Å². The summed E-state index contributed by atoms with van der Waals surface area (Å²) >= 11 is 0. The van der Waals surface area contributed by atoms with E-state index >= 15 is 0 Å². The molecule has 2 aliphatic rings. The van der Waals surface area contributed by atoms with Crippen molar-refractivity contribution < 1.29 is 28.4 Å². The monoisotopic (exact) mass is 262 g/mol. The minimum Gasteiger partial charge on any atom is -0.382 e. The molecule has 0 aliphatic carbocycles. The van der Waals surface area contributed by atoms with Crippen LogP contribution in [0.25, 0.3) is 0 Å². The molecule has 0 bridgehead atoms. The third-order valence-corrected chi connectivity index (χ3v) is 3.20. The highest BCUT2D eigenvalue weighted by Gasteiger charge is 2.48. The number of rotatable bonds is 8. The molecule has 2 rings (SSSR count). The summed E-state index contributed by atoms with van der Waals surface area (Å²) in [6.07, 6.45) is -0.0637. The van der Waals surface area contributed by atoms with E-state index in [4.69, 9.17) is 28.4 Å². The van der Waals surface area contributed by atoms with Gasteiger partial charge in [-0.3, -0.25) is 0 Å². The molecule has 2 fully saturated rings. The summed E-state index contributed by atoms with van der Waals surface area (Å²) in [5.41, 5.74) is 0. The minimum atomic E-state index is -0.0191. The summed E-state index contributed by atoms with van der Waals surface area (Å²) in [6.45, 7) is 3.41. The Labute approximate surface area is 107 Å². The van der Waals surface area contributed by atoms with E-state index < -0.39 is 0 Å². The third-order valence-electron chi connectivity index (χ3n) is 3.20. The van der Waals surface area contributed by atoms with E-state index in [9.17, 15) is 0 Å². The molecular formula is C12H22O6. The predicted octanol–water partition coefficient (Wildman–Crippen LogP) is -0.153. The van der Waals surface area contributed by atoms with E-state index in [2.05, 4.69) is 0 Å². The zero-order valence-corrected chi connectivity index (χ0v) is 11.0. The zero-order valence-electron chi connectivity index (χ0n) is 11.0. The van der Waals surface area contributed by atoms with Crippen molar-refractivity contribution in [3.63, 3.8) is 0 Å². The Hall–Kier alpha value is -0.240. The zero-order chi connectivity index (χ0) is 12.8. The van der Waals surface area contributed by atoms with Crippen LogP contribution in [0, 0.1) is 0 Å². The number of methoxy groups -OCH3 is 2. The Morgan fingerprint density at radius 3 is 1.61 bits per heavy atom. The van der Waals surface area contributed by atoms with Gasteiger partial charge in [-0.25, -0.2) is 0 Å². The summed E-state index contributed by atoms with van der Waals surface area (Å²) in [5.74, 6) is 0. The predicted molar refractivity (Wildman–Crippen MR) is 62.7 cm³/mol. The number of ether oxygens (including phenoxy) is 6. The van der Waals surface area contributed by atoms with Gasteiger partial charge in [0.25, 0.3) is 0 Å². The van der Waals surface area contributed by atoms with Crippen LogP contribution in [0.3, 0.4) is 0 Å². The van der Waals surface area contributed by atoms with Crippen LogP contribution < -0.4 is 0 Å². The van der Waals surface area contributed by atoms with Gasteiger partial charge in [-0.05, 0) is 0 Å². The van der Waals surface area contributed by atoms with Crippen molar-refractivity contribution in [3.8, 4) is 0 Å². The molecular weight excluding hydrogens is 240 g/mol. The maximum absolute atomic E-state index is 5.71. The standard InChI is InChI=1S/C12H22O6/c1-13-3-5-15-9-7-17-12-10(8-18-11(9)12)16-6-4-14-2/h9-12H,3-8H2,1-2H3/t9-,10+,11-,12-/m1/s1. The molecule has 0 saturated carbocycles. The molecule has 18 heavy (non-hydrogen) atoms. The van der Waals surface area contributed by atoms with E-state index in [0.717, 1.165) is 0 Å². The summed E-state index contributed by atoms with van der Waals surface area (Å²) in [4.78, 5) is 0. The van der Waals surface area contributed by atoms with Crippen LogP contribution in [0.5, 0.6) is 0 Å². The first-order valence-electron chi connectivity index (χ1n) is 6.31. The Morgan fingerprint density at radius 1 is 0.778 bits per heavy atom. The number of hydrogen-bond donors (Lipinski definition) is 0. The van der Waals surface area contributed by atoms with Crippen molar-refractivity contribution >= 4 is 0 Å². The first-order valence-corrected chi connectivity index (χ1v) is 6.31. The molecule has 0 aromatic carbocycles. The highest BCUT2D eigenvalue weighted by Crippen LogP contribution is 2.30. The number of hydrogen-bond acceptors (Lipinski definition) is 6. The van der Waals surface area contributed by atoms with Crippen molar-refractivity contribution in [3.05, 3.63) is 0 Å². The lowest BCUT2D eigenvalue weighted by Gasteiger charge is -2.17. The molecule has 0 spiro atoms. The van der Waals surface area contributed by atoms with Gasteiger partial charge in [-0.1, -0.05) is 0 Å². The topological polar surface area (TPSA) is 55.4 Å². The van der Waals surface area contributed by atoms with Crippen LogP contribution in [0.15, 0.2) is 0 Å². The average molecular weight is 262 g/mol. The molecule has 2 saturated heterocycles. The van der Waals surface area contributed by atoms with Crippen LogP contribution in [0.4, 0.5) is 0 Å². The van der Waals surface area contributed by atoms with Gasteiger partial charge in [-0.2, -0.15) is 0 Å². The molecule has 106 valence electrons. The lowest BCUT2D eigenvalue weighted by atomic mass is 10.1. The average Bonchev–Trinajstić information content (AvgIpc) is 2.94. The Kier molecular flexibility index (Phi) is 5.81. The fraction of sp³-hybridized carbons (Fsp3) is 1.00. The lowest BCUT2D eigenvalue weighted by molar-refractivity contribution is -0.0625. The molecule has 4 atom stereocenters. The molecule has 2 aliphatic heterocycles. The van der Waals surface area contributed by atoms with Crippen molar-refractivity contribution in [1.82, 2.24) is 0 Å². The molecule has 0 aromatic heterocycles. The Bertz CT molecular complexity index is 213. The van der Waals surface area contributed by atoms with Gasteiger partial charge in [-0.15, -0.1) is 0 Å². The SMILES string of the molecule is COCCO[C@H]1CO[C@H]2[C@@H]1OC[C@H]2OCCOC. The maximum Gasteiger partial charge on any atom is 0.115 e. The van der Waals surface area contributed by atoms with E-state index in [-0.39, 0.29) is 24.4 Å².